The second kappa shape index (κ2) is 11.8. The number of ketones is 2. The maximum absolute atomic E-state index is 14.3. The molecule has 0 bridgehead atoms. The van der Waals surface area contributed by atoms with Crippen molar-refractivity contribution >= 4 is 35.8 Å². The molecule has 0 unspecified atom stereocenters. The Kier molecular flexibility index (Phi) is 7.93. The number of nitrogen functional groups attached to an aromatic ring is 1. The van der Waals surface area contributed by atoms with E-state index in [4.69, 9.17) is 19.7 Å². The Balaban J connectivity index is 1.10. The molecule has 0 spiro atoms. The number of nitrogens with two attached hydrogens (primary N) is 1. The molecule has 10 nitrogen and oxygen atoms in total. The zero-order valence-electron chi connectivity index (χ0n) is 28.0. The maximum atomic E-state index is 14.3. The van der Waals surface area contributed by atoms with Crippen molar-refractivity contribution < 1.29 is 43.0 Å². The number of carbonyl (C=O) groups is 2. The number of fused-ring (bicyclic) bond motifs is 8. The summed E-state index contributed by atoms with van der Waals surface area (Å²) in [4.78, 5) is 45.6. The van der Waals surface area contributed by atoms with Crippen molar-refractivity contribution in [2.24, 2.45) is 28.6 Å². The number of aliphatic hydroxyl groups is 1. The van der Waals surface area contributed by atoms with Crippen molar-refractivity contribution in [2.75, 3.05) is 12.3 Å². The van der Waals surface area contributed by atoms with Crippen LogP contribution in [-0.4, -0.2) is 50.9 Å². The summed E-state index contributed by atoms with van der Waals surface area (Å²) < 4.78 is 29.9. The molecule has 8 rings (SSSR count). The minimum Gasteiger partial charge on any atom is -0.398 e. The number of benzene rings is 3. The molecular weight excluding hydrogens is 657 g/mol. The standard InChI is InChI=1S/C39H42NO9P/c1-37-16-15-26(41)18-25(37)13-14-29-30-19-34-39(33(43)21-47-50(44,45)46,38(30,2)20-32(42)35(29)37)49-36(48-34)23-11-9-22(10-12-23)17-24-5-3-7-28-27(24)6-4-8-31(28)40/h3-12,15-16,18,29-30,32,34-36,42H,13-14,17,19-21,40H2,1-2H3,(H2,44,45,46)/t29-,30-,32-,34+,35+,36+,37-,38-,39+/m0/s1. The predicted octanol–water partition coefficient (Wildman–Crippen LogP) is 5.73. The lowest BCUT2D eigenvalue weighted by molar-refractivity contribution is -0.200. The van der Waals surface area contributed by atoms with Gasteiger partial charge in [-0.1, -0.05) is 80.1 Å². The highest BCUT2D eigenvalue weighted by Gasteiger charge is 2.76. The topological polar surface area (TPSA) is 166 Å². The predicted molar refractivity (Wildman–Crippen MR) is 185 cm³/mol. The fraction of sp³-hybridized carbons (Fsp3) is 0.436. The fourth-order valence-corrected chi connectivity index (χ4v) is 10.8. The highest BCUT2D eigenvalue weighted by molar-refractivity contribution is 7.46. The highest BCUT2D eigenvalue weighted by Crippen LogP contribution is 2.70. The van der Waals surface area contributed by atoms with E-state index < -0.39 is 55.1 Å². The van der Waals surface area contributed by atoms with E-state index in [1.165, 1.54) is 0 Å². The van der Waals surface area contributed by atoms with Gasteiger partial charge in [-0.05, 0) is 78.7 Å². The van der Waals surface area contributed by atoms with Crippen LogP contribution in [0.25, 0.3) is 10.8 Å². The summed E-state index contributed by atoms with van der Waals surface area (Å²) in [5.74, 6) is -0.931. The second-order valence-electron chi connectivity index (χ2n) is 15.2. The SMILES string of the molecule is C[C@]12C=CC(=O)C=C1CC[C@@H]1[C@@H]2[C@@H](O)C[C@@]2(C)[C@H]1C[C@H]1O[C@@H](c3ccc(Cc4cccc5c(N)cccc45)cc3)O[C@]12C(=O)COP(=O)(O)O. The lowest BCUT2D eigenvalue weighted by Gasteiger charge is -2.59. The Morgan fingerprint density at radius 2 is 1.80 bits per heavy atom. The van der Waals surface area contributed by atoms with Gasteiger partial charge in [0, 0.05) is 33.4 Å². The quantitative estimate of drug-likeness (QED) is 0.177. The molecule has 5 N–H and O–H groups in total. The highest BCUT2D eigenvalue weighted by atomic mass is 31.2. The average molecular weight is 700 g/mol. The summed E-state index contributed by atoms with van der Waals surface area (Å²) in [6.45, 7) is 3.18. The van der Waals surface area contributed by atoms with Crippen molar-refractivity contribution in [2.45, 2.75) is 70.1 Å². The number of anilines is 1. The summed E-state index contributed by atoms with van der Waals surface area (Å²) in [6.07, 6.45) is 5.54. The van der Waals surface area contributed by atoms with Gasteiger partial charge in [0.05, 0.1) is 12.2 Å². The lowest BCUT2D eigenvalue weighted by Crippen LogP contribution is -2.63. The van der Waals surface area contributed by atoms with E-state index in [0.29, 0.717) is 24.8 Å². The summed E-state index contributed by atoms with van der Waals surface area (Å²) in [6, 6.07) is 19.9. The van der Waals surface area contributed by atoms with Gasteiger partial charge < -0.3 is 30.1 Å². The smallest absolute Gasteiger partial charge is 0.398 e. The molecule has 11 heteroatoms. The van der Waals surface area contributed by atoms with Crippen LogP contribution in [0.1, 0.15) is 62.5 Å². The van der Waals surface area contributed by atoms with Gasteiger partial charge in [-0.3, -0.25) is 14.1 Å². The Bertz CT molecular complexity index is 2000. The largest absolute Gasteiger partial charge is 0.470 e. The third-order valence-corrected chi connectivity index (χ3v) is 13.2. The minimum absolute atomic E-state index is 0.00363. The molecule has 5 aliphatic rings. The Hall–Kier alpha value is -3.47. The number of ether oxygens (including phenoxy) is 2. The van der Waals surface area contributed by atoms with E-state index in [-0.39, 0.29) is 30.0 Å². The van der Waals surface area contributed by atoms with Crippen LogP contribution >= 0.6 is 7.82 Å². The number of aliphatic hydroxyl groups excluding tert-OH is 1. The van der Waals surface area contributed by atoms with Gasteiger partial charge in [0.2, 0.25) is 0 Å². The number of allylic oxidation sites excluding steroid dienone is 4. The van der Waals surface area contributed by atoms with Crippen molar-refractivity contribution in [3.05, 3.63) is 101 Å². The first-order valence-corrected chi connectivity index (χ1v) is 18.8. The molecule has 1 heterocycles. The van der Waals surface area contributed by atoms with Gasteiger partial charge in [0.15, 0.2) is 23.5 Å². The molecule has 3 aromatic rings. The molecule has 0 radical (unpaired) electrons. The zero-order valence-corrected chi connectivity index (χ0v) is 28.9. The summed E-state index contributed by atoms with van der Waals surface area (Å²) >= 11 is 0. The summed E-state index contributed by atoms with van der Waals surface area (Å²) in [5, 5.41) is 14.1. The first-order chi connectivity index (χ1) is 23.7. The molecule has 0 amide bonds. The van der Waals surface area contributed by atoms with Crippen molar-refractivity contribution in [1.29, 1.82) is 0 Å². The van der Waals surface area contributed by atoms with Gasteiger partial charge >= 0.3 is 7.82 Å². The average Bonchev–Trinajstić information content (AvgIpc) is 3.57. The first-order valence-electron chi connectivity index (χ1n) is 17.3. The lowest BCUT2D eigenvalue weighted by atomic mass is 9.46. The van der Waals surface area contributed by atoms with Crippen molar-refractivity contribution in [3.8, 4) is 0 Å². The van der Waals surface area contributed by atoms with E-state index in [1.54, 1.807) is 12.2 Å². The summed E-state index contributed by atoms with van der Waals surface area (Å²) in [5.41, 5.74) is 7.85. The molecule has 3 saturated carbocycles. The van der Waals surface area contributed by atoms with Crippen LogP contribution in [0, 0.1) is 28.6 Å². The molecule has 262 valence electrons. The number of Topliss-reactive ketones (excluding diaryl/α,β-unsaturated/α-hetero) is 1. The number of phosphoric acid groups is 1. The van der Waals surface area contributed by atoms with E-state index in [0.717, 1.165) is 39.6 Å². The van der Waals surface area contributed by atoms with Crippen LogP contribution in [0.3, 0.4) is 0 Å². The van der Waals surface area contributed by atoms with Gasteiger partial charge in [0.1, 0.15) is 6.61 Å². The fourth-order valence-electron chi connectivity index (χ4n) is 10.5. The van der Waals surface area contributed by atoms with Gasteiger partial charge in [0.25, 0.3) is 0 Å². The van der Waals surface area contributed by atoms with E-state index in [9.17, 15) is 29.0 Å². The van der Waals surface area contributed by atoms with Gasteiger partial charge in [-0.2, -0.15) is 0 Å². The number of phosphoric ester groups is 1. The molecule has 4 aliphatic carbocycles. The number of rotatable bonds is 7. The number of hydrogen-bond acceptors (Lipinski definition) is 8. The third-order valence-electron chi connectivity index (χ3n) is 12.7. The summed E-state index contributed by atoms with van der Waals surface area (Å²) in [7, 11) is -4.97. The first kappa shape index (κ1) is 33.7. The van der Waals surface area contributed by atoms with E-state index >= 15 is 0 Å². The van der Waals surface area contributed by atoms with Crippen LogP contribution < -0.4 is 5.73 Å². The molecule has 0 aromatic heterocycles. The van der Waals surface area contributed by atoms with E-state index in [1.807, 2.05) is 61.5 Å². The molecule has 4 fully saturated rings. The monoisotopic (exact) mass is 699 g/mol. The van der Waals surface area contributed by atoms with Crippen LogP contribution in [0.4, 0.5) is 5.69 Å². The molecule has 9 atom stereocenters. The van der Waals surface area contributed by atoms with Crippen molar-refractivity contribution in [1.82, 2.24) is 0 Å². The Morgan fingerprint density at radius 1 is 1.06 bits per heavy atom. The zero-order chi connectivity index (χ0) is 35.2. The number of hydrogen-bond donors (Lipinski definition) is 4. The third kappa shape index (κ3) is 5.11. The van der Waals surface area contributed by atoms with E-state index in [2.05, 4.69) is 19.1 Å². The normalized spacial score (nSPS) is 36.0. The molecule has 50 heavy (non-hydrogen) atoms. The van der Waals surface area contributed by atoms with Crippen LogP contribution in [0.2, 0.25) is 0 Å². The molecule has 1 aliphatic heterocycles. The van der Waals surface area contributed by atoms with Crippen LogP contribution in [0.15, 0.2) is 84.5 Å². The van der Waals surface area contributed by atoms with Crippen LogP contribution in [0.5, 0.6) is 0 Å². The Morgan fingerprint density at radius 3 is 2.56 bits per heavy atom. The maximum Gasteiger partial charge on any atom is 0.470 e. The number of carbonyl (C=O) groups excluding carboxylic acids is 2. The molecule has 3 aromatic carbocycles. The van der Waals surface area contributed by atoms with Crippen molar-refractivity contribution in [3.63, 3.8) is 0 Å². The van der Waals surface area contributed by atoms with Gasteiger partial charge in [-0.15, -0.1) is 0 Å². The Labute approximate surface area is 290 Å². The molecular formula is C39H42NO9P. The van der Waals surface area contributed by atoms with Gasteiger partial charge in [-0.25, -0.2) is 4.57 Å². The molecule has 1 saturated heterocycles. The van der Waals surface area contributed by atoms with Crippen LogP contribution in [-0.2, 0) is 34.6 Å². The minimum atomic E-state index is -4.97. The second-order valence-corrected chi connectivity index (χ2v) is 16.5.